The first kappa shape index (κ1) is 34.2. The molecular formula is C63H41N5. The molecule has 5 nitrogen and oxygen atoms in total. The number of hydrogen-bond acceptors (Lipinski definition) is 3. The summed E-state index contributed by atoms with van der Waals surface area (Å²) in [5.74, 6) is 1.51. The average Bonchev–Trinajstić information content (AvgIpc) is 3.98. The van der Waals surface area contributed by atoms with E-state index in [2.05, 4.69) is 137 Å². The molecule has 0 amide bonds. The zero-order valence-corrected chi connectivity index (χ0v) is 36.5. The largest absolute Gasteiger partial charge is 0.307 e. The van der Waals surface area contributed by atoms with Crippen molar-refractivity contribution < 1.29 is 6.85 Å². The molecule has 0 unspecified atom stereocenters. The summed E-state index contributed by atoms with van der Waals surface area (Å²) in [6.45, 7) is 0. The Morgan fingerprint density at radius 1 is 0.309 bits per heavy atom. The maximum atomic E-state index is 9.02. The lowest BCUT2D eigenvalue weighted by Crippen LogP contribution is -2.07. The van der Waals surface area contributed by atoms with Crippen LogP contribution in [0.3, 0.4) is 0 Å². The molecule has 10 aromatic carbocycles. The standard InChI is InChI=1S/C63H41N5/c1-5-17-42(18-6-1)44-29-33-48(34-30-44)61-64-62(49-35-31-45(32-36-49)43-19-7-2-8-20-43)66-63(65-61)68-58-28-16-14-26-53(58)55-40-39-54-52-25-13-15-27-57(52)67(59(54)60(55)68)50-37-38-51(46-21-9-3-10-22-46)56(41-50)47-23-11-4-12-24-47/h1-41H/i3D,9D,10D,21D,22D. The lowest BCUT2D eigenvalue weighted by atomic mass is 9.94. The molecule has 0 spiro atoms. The summed E-state index contributed by atoms with van der Waals surface area (Å²) in [5, 5.41) is 4.10. The summed E-state index contributed by atoms with van der Waals surface area (Å²) in [5.41, 5.74) is 12.9. The highest BCUT2D eigenvalue weighted by Gasteiger charge is 2.24. The fraction of sp³-hybridized carbons (Fsp3) is 0. The molecule has 0 aliphatic carbocycles. The van der Waals surface area contributed by atoms with Gasteiger partial charge < -0.3 is 4.57 Å². The zero-order valence-electron chi connectivity index (χ0n) is 41.5. The number of para-hydroxylation sites is 2. The van der Waals surface area contributed by atoms with Crippen LogP contribution < -0.4 is 0 Å². The SMILES string of the molecule is [2H]c1c([2H])c([2H])c(-c2ccc(-n3c4ccccc4c4ccc5c6ccccc6n(-c6nc(-c7ccc(-c8ccccc8)cc7)nc(-c7ccc(-c8ccccc8)cc7)n6)c5c43)cc2-c2ccccc2)c([2H])c1[2H]. The van der Waals surface area contributed by atoms with Gasteiger partial charge in [0.1, 0.15) is 0 Å². The molecule has 0 atom stereocenters. The summed E-state index contributed by atoms with van der Waals surface area (Å²) in [7, 11) is 0. The summed E-state index contributed by atoms with van der Waals surface area (Å²) < 4.78 is 48.0. The van der Waals surface area contributed by atoms with E-state index in [-0.39, 0.29) is 29.7 Å². The number of aromatic nitrogens is 5. The predicted octanol–water partition coefficient (Wildman–Crippen LogP) is 16.1. The Morgan fingerprint density at radius 2 is 0.750 bits per heavy atom. The summed E-state index contributed by atoms with van der Waals surface area (Å²) >= 11 is 0. The van der Waals surface area contributed by atoms with Gasteiger partial charge in [0.25, 0.3) is 0 Å². The minimum absolute atomic E-state index is 0.145. The second-order valence-electron chi connectivity index (χ2n) is 16.8. The summed E-state index contributed by atoms with van der Waals surface area (Å²) in [4.78, 5) is 16.0. The molecule has 0 aliphatic rings. The third-order valence-electron chi connectivity index (χ3n) is 12.9. The van der Waals surface area contributed by atoms with Crippen LogP contribution in [0.25, 0.3) is 123 Å². The van der Waals surface area contributed by atoms with Gasteiger partial charge in [-0.25, -0.2) is 4.98 Å². The predicted molar refractivity (Wildman–Crippen MR) is 281 cm³/mol. The van der Waals surface area contributed by atoms with Crippen LogP contribution in [-0.4, -0.2) is 24.1 Å². The van der Waals surface area contributed by atoms with Gasteiger partial charge in [0.2, 0.25) is 5.95 Å². The van der Waals surface area contributed by atoms with E-state index in [1.54, 1.807) is 0 Å². The van der Waals surface area contributed by atoms with Gasteiger partial charge in [-0.3, -0.25) is 4.57 Å². The van der Waals surface area contributed by atoms with Gasteiger partial charge >= 0.3 is 0 Å². The van der Waals surface area contributed by atoms with Crippen molar-refractivity contribution in [3.05, 3.63) is 249 Å². The van der Waals surface area contributed by atoms with E-state index < -0.39 is 6.04 Å². The van der Waals surface area contributed by atoms with E-state index in [4.69, 9.17) is 21.8 Å². The molecule has 0 radical (unpaired) electrons. The van der Waals surface area contributed by atoms with E-state index in [0.29, 0.717) is 23.2 Å². The van der Waals surface area contributed by atoms with Gasteiger partial charge in [-0.15, -0.1) is 0 Å². The first-order valence-corrected chi connectivity index (χ1v) is 22.6. The molecule has 0 fully saturated rings. The Balaban J connectivity index is 1.09. The second kappa shape index (κ2) is 16.4. The van der Waals surface area contributed by atoms with Crippen LogP contribution in [0.2, 0.25) is 0 Å². The smallest absolute Gasteiger partial charge is 0.238 e. The van der Waals surface area contributed by atoms with Gasteiger partial charge in [0.15, 0.2) is 11.6 Å². The molecule has 13 aromatic rings. The number of benzene rings is 10. The molecular weight excluding hydrogens is 827 g/mol. The van der Waals surface area contributed by atoms with E-state index in [0.717, 1.165) is 93.8 Å². The molecule has 3 aromatic heterocycles. The molecule has 0 saturated heterocycles. The molecule has 0 saturated carbocycles. The molecule has 3 heterocycles. The minimum atomic E-state index is -0.430. The highest BCUT2D eigenvalue weighted by atomic mass is 15.2. The van der Waals surface area contributed by atoms with Crippen molar-refractivity contribution in [1.29, 1.82) is 0 Å². The van der Waals surface area contributed by atoms with Crippen LogP contribution in [0.5, 0.6) is 0 Å². The fourth-order valence-electron chi connectivity index (χ4n) is 9.71. The molecule has 0 bridgehead atoms. The van der Waals surface area contributed by atoms with Crippen LogP contribution in [0.4, 0.5) is 0 Å². The zero-order chi connectivity index (χ0) is 49.3. The Bertz CT molecular complexity index is 4160. The van der Waals surface area contributed by atoms with Crippen LogP contribution >= 0.6 is 0 Å². The number of rotatable bonds is 8. The van der Waals surface area contributed by atoms with E-state index >= 15 is 0 Å². The number of hydrogen-bond donors (Lipinski definition) is 0. The molecule has 318 valence electrons. The Kier molecular flexibility index (Phi) is 8.22. The topological polar surface area (TPSA) is 48.5 Å². The lowest BCUT2D eigenvalue weighted by Gasteiger charge is -2.16. The van der Waals surface area contributed by atoms with Crippen molar-refractivity contribution in [2.24, 2.45) is 0 Å². The highest BCUT2D eigenvalue weighted by molar-refractivity contribution is 6.23. The van der Waals surface area contributed by atoms with Gasteiger partial charge in [-0.1, -0.05) is 224 Å². The fourth-order valence-corrected chi connectivity index (χ4v) is 9.71. The van der Waals surface area contributed by atoms with Crippen LogP contribution in [0.15, 0.2) is 249 Å². The highest BCUT2D eigenvalue weighted by Crippen LogP contribution is 2.43. The van der Waals surface area contributed by atoms with Crippen molar-refractivity contribution >= 4 is 43.6 Å². The molecule has 0 aliphatic heterocycles. The summed E-state index contributed by atoms with van der Waals surface area (Å²) in [6, 6.07) is 72.5. The van der Waals surface area contributed by atoms with Crippen molar-refractivity contribution in [3.63, 3.8) is 0 Å². The van der Waals surface area contributed by atoms with Crippen LogP contribution in [0.1, 0.15) is 6.85 Å². The monoisotopic (exact) mass is 872 g/mol. The van der Waals surface area contributed by atoms with Crippen molar-refractivity contribution in [2.45, 2.75) is 0 Å². The summed E-state index contributed by atoms with van der Waals surface area (Å²) in [6.07, 6.45) is 0. The first-order valence-electron chi connectivity index (χ1n) is 25.1. The van der Waals surface area contributed by atoms with Crippen LogP contribution in [-0.2, 0) is 0 Å². The molecule has 0 N–H and O–H groups in total. The van der Waals surface area contributed by atoms with Gasteiger partial charge in [-0.2, -0.15) is 9.97 Å². The minimum Gasteiger partial charge on any atom is -0.307 e. The Labute approximate surface area is 400 Å². The second-order valence-corrected chi connectivity index (χ2v) is 16.8. The molecule has 68 heavy (non-hydrogen) atoms. The number of fused-ring (bicyclic) bond motifs is 7. The maximum Gasteiger partial charge on any atom is 0.238 e. The van der Waals surface area contributed by atoms with Crippen molar-refractivity contribution in [2.75, 3.05) is 0 Å². The van der Waals surface area contributed by atoms with Gasteiger partial charge in [-0.05, 0) is 68.8 Å². The van der Waals surface area contributed by atoms with Gasteiger partial charge in [0, 0.05) is 38.4 Å². The average molecular weight is 873 g/mol. The maximum absolute atomic E-state index is 9.02. The van der Waals surface area contributed by atoms with Crippen molar-refractivity contribution in [3.8, 4) is 78.9 Å². The normalized spacial score (nSPS) is 12.6. The third-order valence-corrected chi connectivity index (χ3v) is 12.9. The number of nitrogens with zero attached hydrogens (tertiary/aromatic N) is 5. The quantitative estimate of drug-likeness (QED) is 0.153. The van der Waals surface area contributed by atoms with E-state index in [9.17, 15) is 0 Å². The first-order chi connectivity index (χ1) is 35.8. The van der Waals surface area contributed by atoms with E-state index in [1.807, 2.05) is 91.0 Å². The van der Waals surface area contributed by atoms with Crippen molar-refractivity contribution in [1.82, 2.24) is 24.1 Å². The van der Waals surface area contributed by atoms with Crippen LogP contribution in [0, 0.1) is 0 Å². The third kappa shape index (κ3) is 6.68. The Hall–Kier alpha value is -9.19. The Morgan fingerprint density at radius 3 is 1.29 bits per heavy atom. The van der Waals surface area contributed by atoms with E-state index in [1.165, 1.54) is 0 Å². The molecule has 13 rings (SSSR count). The van der Waals surface area contributed by atoms with Gasteiger partial charge in [0.05, 0.1) is 28.9 Å². The lowest BCUT2D eigenvalue weighted by molar-refractivity contribution is 0.953. The molecule has 5 heteroatoms.